The summed E-state index contributed by atoms with van der Waals surface area (Å²) in [7, 11) is 0. The highest BCUT2D eigenvalue weighted by atomic mass is 16.4. The van der Waals surface area contributed by atoms with Crippen LogP contribution in [-0.2, 0) is 9.59 Å². The molecule has 5 heteroatoms. The first-order valence-electron chi connectivity index (χ1n) is 5.76. The maximum absolute atomic E-state index is 11.1. The van der Waals surface area contributed by atoms with E-state index in [0.29, 0.717) is 19.0 Å². The number of carbonyl (C=O) groups excluding carboxylic acids is 1. The van der Waals surface area contributed by atoms with Crippen LogP contribution in [0, 0.1) is 5.92 Å². The fourth-order valence-electron chi connectivity index (χ4n) is 2.16. The predicted octanol–water partition coefficient (Wildman–Crippen LogP) is 0.437. The molecule has 1 rings (SSSR count). The average Bonchev–Trinajstić information content (AvgIpc) is 2.20. The van der Waals surface area contributed by atoms with Crippen LogP contribution < -0.4 is 5.73 Å². The average molecular weight is 228 g/mol. The largest absolute Gasteiger partial charge is 0.481 e. The number of nitrogens with two attached hydrogens (primary N) is 1. The molecule has 2 atom stereocenters. The Bertz CT molecular complexity index is 268. The fraction of sp³-hybridized carbons (Fsp3) is 0.818. The summed E-state index contributed by atoms with van der Waals surface area (Å²) in [5.41, 5.74) is 5.29. The number of rotatable bonds is 5. The van der Waals surface area contributed by atoms with Gasteiger partial charge in [0.05, 0.1) is 5.92 Å². The lowest BCUT2D eigenvalue weighted by Gasteiger charge is -2.36. The van der Waals surface area contributed by atoms with Gasteiger partial charge in [0, 0.05) is 19.0 Å². The van der Waals surface area contributed by atoms with E-state index < -0.39 is 5.97 Å². The first-order valence-corrected chi connectivity index (χ1v) is 5.76. The number of piperidine rings is 1. The number of carboxylic acids is 1. The molecule has 1 aliphatic rings. The standard InChI is InChI=1S/C11H20N2O3/c1-8-4-5-9(11(12)16)7-13(8)6-2-3-10(14)15/h8-9H,2-7H2,1H3,(H2,12,16)(H,14,15). The molecule has 3 N–H and O–H groups in total. The van der Waals surface area contributed by atoms with Crippen LogP contribution in [0.4, 0.5) is 0 Å². The van der Waals surface area contributed by atoms with Gasteiger partial charge < -0.3 is 10.8 Å². The smallest absolute Gasteiger partial charge is 0.303 e. The number of carboxylic acid groups (broad SMARTS) is 1. The zero-order valence-electron chi connectivity index (χ0n) is 9.69. The predicted molar refractivity (Wildman–Crippen MR) is 59.8 cm³/mol. The quantitative estimate of drug-likeness (QED) is 0.715. The van der Waals surface area contributed by atoms with Crippen molar-refractivity contribution in [1.29, 1.82) is 0 Å². The monoisotopic (exact) mass is 228 g/mol. The Morgan fingerprint density at radius 2 is 2.12 bits per heavy atom. The molecule has 1 aliphatic heterocycles. The number of likely N-dealkylation sites (tertiary alicyclic amines) is 1. The molecule has 0 aliphatic carbocycles. The summed E-state index contributed by atoms with van der Waals surface area (Å²) in [4.78, 5) is 23.7. The molecule has 5 nitrogen and oxygen atoms in total. The molecule has 0 radical (unpaired) electrons. The van der Waals surface area contributed by atoms with E-state index in [1.165, 1.54) is 0 Å². The van der Waals surface area contributed by atoms with Crippen molar-refractivity contribution < 1.29 is 14.7 Å². The van der Waals surface area contributed by atoms with Gasteiger partial charge in [0.2, 0.25) is 5.91 Å². The second kappa shape index (κ2) is 5.84. The molecule has 0 saturated carbocycles. The van der Waals surface area contributed by atoms with Gasteiger partial charge in [-0.1, -0.05) is 0 Å². The summed E-state index contributed by atoms with van der Waals surface area (Å²) in [5, 5.41) is 8.56. The minimum absolute atomic E-state index is 0.0685. The lowest BCUT2D eigenvalue weighted by Crippen LogP contribution is -2.46. The van der Waals surface area contributed by atoms with Crippen molar-refractivity contribution in [3.63, 3.8) is 0 Å². The van der Waals surface area contributed by atoms with E-state index in [1.807, 2.05) is 0 Å². The zero-order valence-corrected chi connectivity index (χ0v) is 9.69. The van der Waals surface area contributed by atoms with Crippen LogP contribution in [0.2, 0.25) is 0 Å². The second-order valence-electron chi connectivity index (χ2n) is 4.52. The van der Waals surface area contributed by atoms with Crippen molar-refractivity contribution in [3.8, 4) is 0 Å². The maximum Gasteiger partial charge on any atom is 0.303 e. The Morgan fingerprint density at radius 3 is 2.69 bits per heavy atom. The van der Waals surface area contributed by atoms with E-state index >= 15 is 0 Å². The third-order valence-electron chi connectivity index (χ3n) is 3.25. The van der Waals surface area contributed by atoms with Gasteiger partial charge in [-0.15, -0.1) is 0 Å². The van der Waals surface area contributed by atoms with E-state index in [1.54, 1.807) is 0 Å². The second-order valence-corrected chi connectivity index (χ2v) is 4.52. The van der Waals surface area contributed by atoms with Gasteiger partial charge in [-0.05, 0) is 32.7 Å². The molecular formula is C11H20N2O3. The van der Waals surface area contributed by atoms with Crippen LogP contribution in [0.3, 0.4) is 0 Å². The van der Waals surface area contributed by atoms with Gasteiger partial charge in [-0.25, -0.2) is 0 Å². The Morgan fingerprint density at radius 1 is 1.44 bits per heavy atom. The zero-order chi connectivity index (χ0) is 12.1. The Labute approximate surface area is 95.6 Å². The number of nitrogens with zero attached hydrogens (tertiary/aromatic N) is 1. The summed E-state index contributed by atoms with van der Waals surface area (Å²) < 4.78 is 0. The first-order chi connectivity index (χ1) is 7.50. The van der Waals surface area contributed by atoms with Gasteiger partial charge in [0.15, 0.2) is 0 Å². The van der Waals surface area contributed by atoms with Gasteiger partial charge in [0.25, 0.3) is 0 Å². The molecule has 2 unspecified atom stereocenters. The van der Waals surface area contributed by atoms with Crippen molar-refractivity contribution in [2.24, 2.45) is 11.7 Å². The molecule has 1 saturated heterocycles. The third-order valence-corrected chi connectivity index (χ3v) is 3.25. The minimum Gasteiger partial charge on any atom is -0.481 e. The van der Waals surface area contributed by atoms with E-state index in [2.05, 4.69) is 11.8 Å². The molecular weight excluding hydrogens is 208 g/mol. The number of hydrogen-bond acceptors (Lipinski definition) is 3. The highest BCUT2D eigenvalue weighted by Crippen LogP contribution is 2.21. The van der Waals surface area contributed by atoms with Gasteiger partial charge in [0.1, 0.15) is 0 Å². The molecule has 16 heavy (non-hydrogen) atoms. The minimum atomic E-state index is -0.767. The van der Waals surface area contributed by atoms with Crippen LogP contribution in [-0.4, -0.2) is 41.0 Å². The first kappa shape index (κ1) is 13.0. The van der Waals surface area contributed by atoms with Crippen LogP contribution in [0.5, 0.6) is 0 Å². The topological polar surface area (TPSA) is 83.6 Å². The molecule has 1 amide bonds. The Balaban J connectivity index is 2.37. The maximum atomic E-state index is 11.1. The van der Waals surface area contributed by atoms with Gasteiger partial charge >= 0.3 is 5.97 Å². The van der Waals surface area contributed by atoms with Gasteiger partial charge in [-0.2, -0.15) is 0 Å². The molecule has 1 fully saturated rings. The molecule has 0 spiro atoms. The lowest BCUT2D eigenvalue weighted by atomic mass is 9.93. The van der Waals surface area contributed by atoms with E-state index in [0.717, 1.165) is 19.4 Å². The number of carbonyl (C=O) groups is 2. The van der Waals surface area contributed by atoms with E-state index in [9.17, 15) is 9.59 Å². The van der Waals surface area contributed by atoms with Gasteiger partial charge in [-0.3, -0.25) is 14.5 Å². The van der Waals surface area contributed by atoms with Crippen LogP contribution >= 0.6 is 0 Å². The van der Waals surface area contributed by atoms with E-state index in [-0.39, 0.29) is 18.2 Å². The van der Waals surface area contributed by atoms with Crippen molar-refractivity contribution in [2.75, 3.05) is 13.1 Å². The van der Waals surface area contributed by atoms with Crippen LogP contribution in [0.25, 0.3) is 0 Å². The van der Waals surface area contributed by atoms with Crippen LogP contribution in [0.15, 0.2) is 0 Å². The van der Waals surface area contributed by atoms with Crippen molar-refractivity contribution in [1.82, 2.24) is 4.90 Å². The molecule has 92 valence electrons. The number of primary amides is 1. The number of amides is 1. The molecule has 1 heterocycles. The molecule has 0 bridgehead atoms. The summed E-state index contributed by atoms with van der Waals surface area (Å²) in [5.74, 6) is -1.08. The van der Waals surface area contributed by atoms with E-state index in [4.69, 9.17) is 10.8 Å². The Kier molecular flexibility index (Phi) is 4.73. The fourth-order valence-corrected chi connectivity index (χ4v) is 2.16. The summed E-state index contributed by atoms with van der Waals surface area (Å²) >= 11 is 0. The number of aliphatic carboxylic acids is 1. The SMILES string of the molecule is CC1CCC(C(N)=O)CN1CCCC(=O)O. The van der Waals surface area contributed by atoms with Crippen LogP contribution in [0.1, 0.15) is 32.6 Å². The lowest BCUT2D eigenvalue weighted by molar-refractivity contribution is -0.137. The normalized spacial score (nSPS) is 26.6. The summed E-state index contributed by atoms with van der Waals surface area (Å²) in [6.45, 7) is 3.52. The number of hydrogen-bond donors (Lipinski definition) is 2. The highest BCUT2D eigenvalue weighted by molar-refractivity contribution is 5.77. The summed E-state index contributed by atoms with van der Waals surface area (Å²) in [6, 6.07) is 0.421. The highest BCUT2D eigenvalue weighted by Gasteiger charge is 2.28. The molecule has 0 aromatic rings. The summed E-state index contributed by atoms with van der Waals surface area (Å²) in [6.07, 6.45) is 2.63. The van der Waals surface area contributed by atoms with Crippen molar-refractivity contribution >= 4 is 11.9 Å². The van der Waals surface area contributed by atoms with Crippen molar-refractivity contribution in [2.45, 2.75) is 38.6 Å². The third kappa shape index (κ3) is 3.81. The molecule has 0 aromatic carbocycles. The van der Waals surface area contributed by atoms with Crippen molar-refractivity contribution in [3.05, 3.63) is 0 Å². The Hall–Kier alpha value is -1.10. The molecule has 0 aromatic heterocycles.